The molecule has 0 aliphatic heterocycles. The van der Waals surface area contributed by atoms with Gasteiger partial charge in [0.1, 0.15) is 6.61 Å². The normalized spacial score (nSPS) is 8.62. The van der Waals surface area contributed by atoms with E-state index < -0.39 is 4.92 Å². The zero-order chi connectivity index (χ0) is 6.57. The first kappa shape index (κ1) is 7.10. The molecule has 0 aromatic rings. The highest BCUT2D eigenvalue weighted by Gasteiger charge is 2.02. The number of nitrogens with zero attached hydrogens (tertiary/aromatic N) is 1. The standard InChI is InChI=1S/C4H7NO3/c1-4(3-8-2)5(6)7/h1,3H2,2H3. The molecule has 0 saturated heterocycles. The Hall–Kier alpha value is -0.900. The fraction of sp³-hybridized carbons (Fsp3) is 0.500. The van der Waals surface area contributed by atoms with Crippen molar-refractivity contribution < 1.29 is 9.66 Å². The zero-order valence-electron chi connectivity index (χ0n) is 4.59. The summed E-state index contributed by atoms with van der Waals surface area (Å²) in [6.07, 6.45) is 0. The summed E-state index contributed by atoms with van der Waals surface area (Å²) in [6.45, 7) is 3.11. The minimum Gasteiger partial charge on any atom is -0.373 e. The first-order valence-corrected chi connectivity index (χ1v) is 1.99. The number of ether oxygens (including phenoxy) is 1. The Labute approximate surface area is 46.9 Å². The van der Waals surface area contributed by atoms with Gasteiger partial charge in [0, 0.05) is 7.11 Å². The molecular weight excluding hydrogens is 110 g/mol. The maximum absolute atomic E-state index is 9.72. The van der Waals surface area contributed by atoms with E-state index in [0.717, 1.165) is 0 Å². The van der Waals surface area contributed by atoms with Gasteiger partial charge in [-0.15, -0.1) is 0 Å². The van der Waals surface area contributed by atoms with Crippen LogP contribution in [0.2, 0.25) is 0 Å². The second kappa shape index (κ2) is 3.15. The molecule has 0 bridgehead atoms. The van der Waals surface area contributed by atoms with E-state index in [2.05, 4.69) is 11.3 Å². The van der Waals surface area contributed by atoms with Crippen LogP contribution in [0.1, 0.15) is 0 Å². The van der Waals surface area contributed by atoms with E-state index in [9.17, 15) is 10.1 Å². The van der Waals surface area contributed by atoms with E-state index >= 15 is 0 Å². The van der Waals surface area contributed by atoms with E-state index in [1.54, 1.807) is 0 Å². The Kier molecular flexibility index (Phi) is 2.79. The van der Waals surface area contributed by atoms with E-state index in [-0.39, 0.29) is 12.3 Å². The highest BCUT2D eigenvalue weighted by atomic mass is 16.6. The van der Waals surface area contributed by atoms with Crippen LogP contribution in [0.25, 0.3) is 0 Å². The van der Waals surface area contributed by atoms with Gasteiger partial charge in [0.2, 0.25) is 0 Å². The third-order valence-corrected chi connectivity index (χ3v) is 0.569. The van der Waals surface area contributed by atoms with Crippen molar-refractivity contribution in [2.75, 3.05) is 13.7 Å². The van der Waals surface area contributed by atoms with Crippen LogP contribution < -0.4 is 0 Å². The van der Waals surface area contributed by atoms with Gasteiger partial charge in [-0.1, -0.05) is 0 Å². The summed E-state index contributed by atoms with van der Waals surface area (Å²) in [5.41, 5.74) is -0.118. The fourth-order valence-corrected chi connectivity index (χ4v) is 0.219. The number of nitro groups is 1. The van der Waals surface area contributed by atoms with Gasteiger partial charge >= 0.3 is 0 Å². The third-order valence-electron chi connectivity index (χ3n) is 0.569. The molecule has 46 valence electrons. The van der Waals surface area contributed by atoms with Gasteiger partial charge in [-0.2, -0.15) is 0 Å². The van der Waals surface area contributed by atoms with Crippen LogP contribution in [-0.4, -0.2) is 18.6 Å². The summed E-state index contributed by atoms with van der Waals surface area (Å²) in [6, 6.07) is 0. The topological polar surface area (TPSA) is 52.4 Å². The number of hydrogen-bond acceptors (Lipinski definition) is 3. The van der Waals surface area contributed by atoms with E-state index in [1.165, 1.54) is 7.11 Å². The van der Waals surface area contributed by atoms with Gasteiger partial charge in [0.15, 0.2) is 0 Å². The van der Waals surface area contributed by atoms with Crippen molar-refractivity contribution >= 4 is 0 Å². The lowest BCUT2D eigenvalue weighted by molar-refractivity contribution is -0.429. The minimum atomic E-state index is -0.566. The summed E-state index contributed by atoms with van der Waals surface area (Å²) in [4.78, 5) is 9.15. The largest absolute Gasteiger partial charge is 0.373 e. The molecule has 0 aliphatic carbocycles. The first-order chi connectivity index (χ1) is 3.68. The van der Waals surface area contributed by atoms with Crippen LogP contribution in [0.15, 0.2) is 12.3 Å². The SMILES string of the molecule is C=C(COC)[N+](=O)[O-]. The molecular formula is C4H7NO3. The van der Waals surface area contributed by atoms with E-state index in [4.69, 9.17) is 0 Å². The molecule has 4 nitrogen and oxygen atoms in total. The second-order valence-electron chi connectivity index (χ2n) is 1.26. The lowest BCUT2D eigenvalue weighted by Gasteiger charge is -1.90. The maximum Gasteiger partial charge on any atom is 0.264 e. The van der Waals surface area contributed by atoms with Crippen molar-refractivity contribution in [1.29, 1.82) is 0 Å². The van der Waals surface area contributed by atoms with Gasteiger partial charge in [-0.3, -0.25) is 10.1 Å². The number of hydrogen-bond donors (Lipinski definition) is 0. The van der Waals surface area contributed by atoms with Gasteiger partial charge in [-0.25, -0.2) is 0 Å². The van der Waals surface area contributed by atoms with Crippen molar-refractivity contribution in [3.8, 4) is 0 Å². The molecule has 0 heterocycles. The molecule has 0 atom stereocenters. The van der Waals surface area contributed by atoms with Gasteiger partial charge in [0.05, 0.1) is 4.92 Å². The van der Waals surface area contributed by atoms with Crippen LogP contribution >= 0.6 is 0 Å². The van der Waals surface area contributed by atoms with Crippen molar-refractivity contribution in [3.63, 3.8) is 0 Å². The first-order valence-electron chi connectivity index (χ1n) is 1.99. The smallest absolute Gasteiger partial charge is 0.264 e. The van der Waals surface area contributed by atoms with Crippen LogP contribution in [-0.2, 0) is 4.74 Å². The highest BCUT2D eigenvalue weighted by Crippen LogP contribution is 1.88. The maximum atomic E-state index is 9.72. The van der Waals surface area contributed by atoms with Crippen LogP contribution in [0, 0.1) is 10.1 Å². The van der Waals surface area contributed by atoms with Crippen LogP contribution in [0.5, 0.6) is 0 Å². The Morgan fingerprint density at radius 3 is 2.62 bits per heavy atom. The molecule has 0 radical (unpaired) electrons. The van der Waals surface area contributed by atoms with Crippen LogP contribution in [0.3, 0.4) is 0 Å². The summed E-state index contributed by atoms with van der Waals surface area (Å²) in [5.74, 6) is 0. The van der Waals surface area contributed by atoms with Gasteiger partial charge < -0.3 is 4.74 Å². The molecule has 0 rings (SSSR count). The van der Waals surface area contributed by atoms with Crippen molar-refractivity contribution in [2.24, 2.45) is 0 Å². The Morgan fingerprint density at radius 1 is 2.00 bits per heavy atom. The van der Waals surface area contributed by atoms with Crippen LogP contribution in [0.4, 0.5) is 0 Å². The quantitative estimate of drug-likeness (QED) is 0.397. The predicted molar refractivity (Wildman–Crippen MR) is 28.0 cm³/mol. The third kappa shape index (κ3) is 2.30. The average molecular weight is 117 g/mol. The van der Waals surface area contributed by atoms with Crippen molar-refractivity contribution in [2.45, 2.75) is 0 Å². The monoisotopic (exact) mass is 117 g/mol. The Morgan fingerprint density at radius 2 is 2.50 bits per heavy atom. The molecule has 0 aliphatic rings. The average Bonchev–Trinajstić information content (AvgIpc) is 1.67. The lowest BCUT2D eigenvalue weighted by atomic mass is 10.6. The van der Waals surface area contributed by atoms with Crippen molar-refractivity contribution in [3.05, 3.63) is 22.4 Å². The number of methoxy groups -OCH3 is 1. The molecule has 0 N–H and O–H groups in total. The fourth-order valence-electron chi connectivity index (χ4n) is 0.219. The van der Waals surface area contributed by atoms with Crippen molar-refractivity contribution in [1.82, 2.24) is 0 Å². The van der Waals surface area contributed by atoms with Gasteiger partial charge in [0.25, 0.3) is 5.70 Å². The summed E-state index contributed by atoms with van der Waals surface area (Å²) in [7, 11) is 1.38. The molecule has 0 saturated carbocycles. The zero-order valence-corrected chi connectivity index (χ0v) is 4.59. The minimum absolute atomic E-state index is 0.00694. The highest BCUT2D eigenvalue weighted by molar-refractivity contribution is 4.78. The molecule has 0 fully saturated rings. The predicted octanol–water partition coefficient (Wildman–Crippen LogP) is 0.423. The Bertz CT molecular complexity index is 110. The summed E-state index contributed by atoms with van der Waals surface area (Å²) < 4.78 is 4.42. The van der Waals surface area contributed by atoms with E-state index in [1.807, 2.05) is 0 Å². The molecule has 0 unspecified atom stereocenters. The summed E-state index contributed by atoms with van der Waals surface area (Å²) in [5, 5.41) is 9.72. The molecule has 8 heavy (non-hydrogen) atoms. The van der Waals surface area contributed by atoms with Gasteiger partial charge in [-0.05, 0) is 6.58 Å². The molecule has 0 amide bonds. The second-order valence-corrected chi connectivity index (χ2v) is 1.26. The molecule has 0 spiro atoms. The van der Waals surface area contributed by atoms with E-state index in [0.29, 0.717) is 0 Å². The number of rotatable bonds is 3. The lowest BCUT2D eigenvalue weighted by Crippen LogP contribution is -2.02. The molecule has 4 heteroatoms. The molecule has 0 aromatic heterocycles. The molecule has 0 aromatic carbocycles. The Balaban J connectivity index is 3.49. The summed E-state index contributed by atoms with van der Waals surface area (Å²) >= 11 is 0.